The molecule has 0 aliphatic heterocycles. The summed E-state index contributed by atoms with van der Waals surface area (Å²) in [5, 5.41) is 9.12. The number of carboxylic acid groups (broad SMARTS) is 1. The van der Waals surface area contributed by atoms with E-state index in [2.05, 4.69) is 18.7 Å². The average Bonchev–Trinajstić information content (AvgIpc) is 2.36. The molecule has 0 bridgehead atoms. The maximum Gasteiger partial charge on any atom is 0.320 e. The van der Waals surface area contributed by atoms with E-state index in [1.165, 1.54) is 38.5 Å². The van der Waals surface area contributed by atoms with Gasteiger partial charge in [0.25, 0.3) is 0 Å². The maximum absolute atomic E-state index is 11.1. The third kappa shape index (κ3) is 8.51. The summed E-state index contributed by atoms with van der Waals surface area (Å²) >= 11 is 0. The van der Waals surface area contributed by atoms with E-state index in [4.69, 9.17) is 5.11 Å². The number of aliphatic carboxylic acids is 1. The Morgan fingerprint density at radius 3 is 1.72 bits per heavy atom. The van der Waals surface area contributed by atoms with Gasteiger partial charge in [-0.25, -0.2) is 0 Å². The summed E-state index contributed by atoms with van der Waals surface area (Å²) in [5.41, 5.74) is 0. The minimum absolute atomic E-state index is 0.340. The minimum Gasteiger partial charge on any atom is -0.480 e. The lowest BCUT2D eigenvalue weighted by molar-refractivity contribution is -0.142. The topological polar surface area (TPSA) is 40.5 Å². The predicted molar refractivity (Wildman–Crippen MR) is 77.0 cm³/mol. The molecule has 0 radical (unpaired) electrons. The zero-order valence-corrected chi connectivity index (χ0v) is 12.5. The fourth-order valence-electron chi connectivity index (χ4n) is 2.14. The molecule has 1 atom stereocenters. The van der Waals surface area contributed by atoms with Crippen LogP contribution in [0.15, 0.2) is 0 Å². The molecular formula is C15H31NO2. The predicted octanol–water partition coefficient (Wildman–Crippen LogP) is 3.92. The molecule has 108 valence electrons. The van der Waals surface area contributed by atoms with Crippen molar-refractivity contribution >= 4 is 5.97 Å². The smallest absolute Gasteiger partial charge is 0.320 e. The molecule has 0 unspecified atom stereocenters. The van der Waals surface area contributed by atoms with Crippen LogP contribution in [-0.2, 0) is 4.79 Å². The van der Waals surface area contributed by atoms with Gasteiger partial charge in [0, 0.05) is 0 Å². The highest BCUT2D eigenvalue weighted by Crippen LogP contribution is 2.08. The fourth-order valence-corrected chi connectivity index (χ4v) is 2.14. The van der Waals surface area contributed by atoms with Crippen LogP contribution in [0.5, 0.6) is 0 Å². The number of carbonyl (C=O) groups is 1. The van der Waals surface area contributed by atoms with Crippen LogP contribution >= 0.6 is 0 Å². The van der Waals surface area contributed by atoms with Crippen LogP contribution in [0, 0.1) is 0 Å². The molecule has 0 rings (SSSR count). The van der Waals surface area contributed by atoms with E-state index in [0.29, 0.717) is 0 Å². The molecule has 0 fully saturated rings. The first-order valence-electron chi connectivity index (χ1n) is 7.60. The van der Waals surface area contributed by atoms with Gasteiger partial charge in [0.15, 0.2) is 0 Å². The lowest BCUT2D eigenvalue weighted by atomic mass is 10.1. The second-order valence-electron chi connectivity index (χ2n) is 5.17. The highest BCUT2D eigenvalue weighted by molar-refractivity contribution is 5.72. The van der Waals surface area contributed by atoms with Gasteiger partial charge in [-0.15, -0.1) is 0 Å². The van der Waals surface area contributed by atoms with Gasteiger partial charge in [-0.1, -0.05) is 52.4 Å². The minimum atomic E-state index is -0.694. The highest BCUT2D eigenvalue weighted by atomic mass is 16.4. The van der Waals surface area contributed by atoms with Crippen molar-refractivity contribution in [2.75, 3.05) is 13.1 Å². The largest absolute Gasteiger partial charge is 0.480 e. The van der Waals surface area contributed by atoms with Crippen molar-refractivity contribution in [2.45, 2.75) is 78.2 Å². The van der Waals surface area contributed by atoms with Crippen LogP contribution in [-0.4, -0.2) is 35.1 Å². The molecule has 1 N–H and O–H groups in total. The molecule has 0 heterocycles. The molecule has 0 aliphatic carbocycles. The molecule has 3 nitrogen and oxygen atoms in total. The van der Waals surface area contributed by atoms with Gasteiger partial charge >= 0.3 is 5.97 Å². The molecule has 3 heteroatoms. The van der Waals surface area contributed by atoms with E-state index in [0.717, 1.165) is 25.9 Å². The van der Waals surface area contributed by atoms with Crippen molar-refractivity contribution in [2.24, 2.45) is 0 Å². The van der Waals surface area contributed by atoms with Crippen LogP contribution in [0.25, 0.3) is 0 Å². The van der Waals surface area contributed by atoms with Crippen molar-refractivity contribution in [3.05, 3.63) is 0 Å². The Labute approximate surface area is 113 Å². The summed E-state index contributed by atoms with van der Waals surface area (Å²) in [6.45, 7) is 8.06. The Balaban J connectivity index is 3.96. The Morgan fingerprint density at radius 2 is 1.39 bits per heavy atom. The Bertz CT molecular complexity index is 195. The molecule has 0 aromatic heterocycles. The first kappa shape index (κ1) is 17.4. The van der Waals surface area contributed by atoms with Crippen molar-refractivity contribution in [1.29, 1.82) is 0 Å². The SMILES string of the molecule is CCCCCCN(CCCCCC)[C@@H](C)C(=O)O. The lowest BCUT2D eigenvalue weighted by Gasteiger charge is -2.26. The van der Waals surface area contributed by atoms with Gasteiger partial charge < -0.3 is 5.11 Å². The highest BCUT2D eigenvalue weighted by Gasteiger charge is 2.19. The van der Waals surface area contributed by atoms with Crippen molar-refractivity contribution in [3.63, 3.8) is 0 Å². The number of nitrogens with zero attached hydrogens (tertiary/aromatic N) is 1. The average molecular weight is 257 g/mol. The first-order chi connectivity index (χ1) is 8.63. The summed E-state index contributed by atoms with van der Waals surface area (Å²) in [4.78, 5) is 13.2. The Hall–Kier alpha value is -0.570. The summed E-state index contributed by atoms with van der Waals surface area (Å²) in [6, 6.07) is -0.340. The first-order valence-corrected chi connectivity index (χ1v) is 7.60. The molecule has 0 amide bonds. The maximum atomic E-state index is 11.1. The third-order valence-corrected chi connectivity index (χ3v) is 3.50. The monoisotopic (exact) mass is 257 g/mol. The standard InChI is InChI=1S/C15H31NO2/c1-4-6-8-10-12-16(14(3)15(17)18)13-11-9-7-5-2/h14H,4-13H2,1-3H3,(H,17,18)/t14-/m0/s1. The van der Waals surface area contributed by atoms with Gasteiger partial charge in [0.2, 0.25) is 0 Å². The lowest BCUT2D eigenvalue weighted by Crippen LogP contribution is -2.40. The Kier molecular flexibility index (Phi) is 11.2. The van der Waals surface area contributed by atoms with E-state index in [1.807, 2.05) is 6.92 Å². The van der Waals surface area contributed by atoms with Gasteiger partial charge in [0.1, 0.15) is 6.04 Å². The van der Waals surface area contributed by atoms with Crippen molar-refractivity contribution in [1.82, 2.24) is 4.90 Å². The quantitative estimate of drug-likeness (QED) is 0.539. The van der Waals surface area contributed by atoms with Gasteiger partial charge in [-0.05, 0) is 32.9 Å². The van der Waals surface area contributed by atoms with Crippen molar-refractivity contribution in [3.8, 4) is 0 Å². The molecule has 0 saturated carbocycles. The number of rotatable bonds is 12. The molecule has 18 heavy (non-hydrogen) atoms. The van der Waals surface area contributed by atoms with E-state index in [1.54, 1.807) is 0 Å². The molecule has 0 aliphatic rings. The summed E-state index contributed by atoms with van der Waals surface area (Å²) in [7, 11) is 0. The van der Waals surface area contributed by atoms with Crippen LogP contribution in [0.1, 0.15) is 72.1 Å². The van der Waals surface area contributed by atoms with Gasteiger partial charge in [0.05, 0.1) is 0 Å². The molecule has 0 aromatic carbocycles. The number of hydrogen-bond donors (Lipinski definition) is 1. The molecular weight excluding hydrogens is 226 g/mol. The molecule has 0 spiro atoms. The third-order valence-electron chi connectivity index (χ3n) is 3.50. The van der Waals surface area contributed by atoms with E-state index < -0.39 is 5.97 Å². The number of hydrogen-bond acceptors (Lipinski definition) is 2. The number of carboxylic acids is 1. The van der Waals surface area contributed by atoms with Crippen LogP contribution in [0.3, 0.4) is 0 Å². The summed E-state index contributed by atoms with van der Waals surface area (Å²) < 4.78 is 0. The molecule has 0 saturated heterocycles. The van der Waals surface area contributed by atoms with Crippen molar-refractivity contribution < 1.29 is 9.90 Å². The normalized spacial score (nSPS) is 12.9. The van der Waals surface area contributed by atoms with E-state index >= 15 is 0 Å². The zero-order valence-electron chi connectivity index (χ0n) is 12.5. The fraction of sp³-hybridized carbons (Fsp3) is 0.933. The number of unbranched alkanes of at least 4 members (excludes halogenated alkanes) is 6. The van der Waals surface area contributed by atoms with Gasteiger partial charge in [-0.3, -0.25) is 9.69 Å². The van der Waals surface area contributed by atoms with Crippen LogP contribution in [0.2, 0.25) is 0 Å². The van der Waals surface area contributed by atoms with E-state index in [9.17, 15) is 4.79 Å². The van der Waals surface area contributed by atoms with Crippen LogP contribution in [0.4, 0.5) is 0 Å². The van der Waals surface area contributed by atoms with Crippen LogP contribution < -0.4 is 0 Å². The summed E-state index contributed by atoms with van der Waals surface area (Å²) in [5.74, 6) is -0.694. The Morgan fingerprint density at radius 1 is 0.944 bits per heavy atom. The second kappa shape index (κ2) is 11.5. The second-order valence-corrected chi connectivity index (χ2v) is 5.17. The van der Waals surface area contributed by atoms with E-state index in [-0.39, 0.29) is 6.04 Å². The van der Waals surface area contributed by atoms with Gasteiger partial charge in [-0.2, -0.15) is 0 Å². The zero-order chi connectivity index (χ0) is 13.8. The summed E-state index contributed by atoms with van der Waals surface area (Å²) in [6.07, 6.45) is 9.65. The molecule has 0 aromatic rings.